The van der Waals surface area contributed by atoms with E-state index in [9.17, 15) is 4.79 Å². The molecule has 0 spiro atoms. The number of fused-ring (bicyclic) bond motifs is 1. The molecule has 0 atom stereocenters. The Balaban J connectivity index is 1.41. The van der Waals surface area contributed by atoms with E-state index in [1.165, 1.54) is 16.9 Å². The van der Waals surface area contributed by atoms with Gasteiger partial charge in [-0.3, -0.25) is 4.79 Å². The van der Waals surface area contributed by atoms with Crippen molar-refractivity contribution >= 4 is 44.4 Å². The Labute approximate surface area is 187 Å². The number of nitrogens with zero attached hydrogens (tertiary/aromatic N) is 3. The second-order valence-corrected chi connectivity index (χ2v) is 8.68. The molecule has 0 saturated heterocycles. The number of benzene rings is 2. The Hall–Kier alpha value is -3.11. The molecule has 0 unspecified atom stereocenters. The van der Waals surface area contributed by atoms with Crippen molar-refractivity contribution in [2.75, 3.05) is 25.3 Å². The lowest BCUT2D eigenvalue weighted by Crippen LogP contribution is -2.13. The number of methoxy groups -OCH3 is 2. The van der Waals surface area contributed by atoms with Gasteiger partial charge in [-0.1, -0.05) is 29.2 Å². The Bertz CT molecular complexity index is 1250. The first-order valence-electron chi connectivity index (χ1n) is 9.33. The highest BCUT2D eigenvalue weighted by molar-refractivity contribution is 7.99. The lowest BCUT2D eigenvalue weighted by molar-refractivity contribution is -0.113. The van der Waals surface area contributed by atoms with Crippen molar-refractivity contribution in [3.8, 4) is 23.0 Å². The highest BCUT2D eigenvalue weighted by Crippen LogP contribution is 2.34. The monoisotopic (exact) mass is 456 g/mol. The number of hydrogen-bond donors (Lipinski definition) is 1. The molecule has 31 heavy (non-hydrogen) atoms. The normalized spacial score (nSPS) is 11.0. The molecule has 2 aromatic carbocycles. The summed E-state index contributed by atoms with van der Waals surface area (Å²) < 4.78 is 17.3. The molecule has 0 aliphatic rings. The van der Waals surface area contributed by atoms with Crippen LogP contribution in [0, 0.1) is 13.8 Å². The molecule has 0 aliphatic carbocycles. The molecule has 10 heteroatoms. The molecule has 4 rings (SSSR count). The summed E-state index contributed by atoms with van der Waals surface area (Å²) in [5, 5.41) is 11.8. The van der Waals surface area contributed by atoms with Gasteiger partial charge in [0.15, 0.2) is 5.13 Å². The van der Waals surface area contributed by atoms with Gasteiger partial charge in [-0.25, -0.2) is 4.98 Å². The van der Waals surface area contributed by atoms with E-state index < -0.39 is 0 Å². The minimum absolute atomic E-state index is 0.120. The van der Waals surface area contributed by atoms with Crippen molar-refractivity contribution in [1.29, 1.82) is 0 Å². The second kappa shape index (κ2) is 8.94. The van der Waals surface area contributed by atoms with Gasteiger partial charge in [0.1, 0.15) is 11.5 Å². The van der Waals surface area contributed by atoms with E-state index in [1.54, 1.807) is 32.4 Å². The third-order valence-electron chi connectivity index (χ3n) is 4.45. The van der Waals surface area contributed by atoms with E-state index in [0.29, 0.717) is 33.3 Å². The van der Waals surface area contributed by atoms with Crippen molar-refractivity contribution in [1.82, 2.24) is 15.2 Å². The summed E-state index contributed by atoms with van der Waals surface area (Å²) in [6, 6.07) is 9.44. The quantitative estimate of drug-likeness (QED) is 0.399. The van der Waals surface area contributed by atoms with Gasteiger partial charge >= 0.3 is 0 Å². The van der Waals surface area contributed by atoms with Crippen LogP contribution in [0.5, 0.6) is 11.5 Å². The zero-order chi connectivity index (χ0) is 22.0. The number of anilines is 1. The average Bonchev–Trinajstić information content (AvgIpc) is 3.38. The molecule has 0 radical (unpaired) electrons. The van der Waals surface area contributed by atoms with Crippen LogP contribution in [-0.2, 0) is 4.79 Å². The number of nitrogens with one attached hydrogen (secondary N) is 1. The van der Waals surface area contributed by atoms with Gasteiger partial charge in [0, 0.05) is 6.07 Å². The third kappa shape index (κ3) is 4.64. The van der Waals surface area contributed by atoms with E-state index >= 15 is 0 Å². The number of aromatic nitrogens is 3. The van der Waals surface area contributed by atoms with E-state index in [1.807, 2.05) is 13.8 Å². The van der Waals surface area contributed by atoms with E-state index in [4.69, 9.17) is 13.9 Å². The van der Waals surface area contributed by atoms with Gasteiger partial charge in [0.05, 0.1) is 35.8 Å². The standard InChI is InChI=1S/C21H20N4O4S2/c1-11-7-12(2)18-16(8-11)31-20(23-18)22-17(26)10-30-21-25-24-19(29-21)14-6-5-13(27-3)9-15(14)28-4/h5-9H,10H2,1-4H3,(H,22,23,26). The predicted molar refractivity (Wildman–Crippen MR) is 121 cm³/mol. The molecular formula is C21H20N4O4S2. The number of thiazole rings is 1. The van der Waals surface area contributed by atoms with Crippen molar-refractivity contribution in [2.24, 2.45) is 0 Å². The fourth-order valence-electron chi connectivity index (χ4n) is 3.06. The number of carbonyl (C=O) groups is 1. The molecular weight excluding hydrogens is 436 g/mol. The summed E-state index contributed by atoms with van der Waals surface area (Å²) in [7, 11) is 3.14. The molecule has 160 valence electrons. The Morgan fingerprint density at radius 3 is 2.77 bits per heavy atom. The smallest absolute Gasteiger partial charge is 0.277 e. The largest absolute Gasteiger partial charge is 0.497 e. The predicted octanol–water partition coefficient (Wildman–Crippen LogP) is 4.71. The fraction of sp³-hybridized carbons (Fsp3) is 0.238. The van der Waals surface area contributed by atoms with Crippen LogP contribution in [0.4, 0.5) is 5.13 Å². The summed E-state index contributed by atoms with van der Waals surface area (Å²) in [4.78, 5) is 16.9. The summed E-state index contributed by atoms with van der Waals surface area (Å²) in [5.41, 5.74) is 3.82. The zero-order valence-electron chi connectivity index (χ0n) is 17.4. The minimum Gasteiger partial charge on any atom is -0.497 e. The van der Waals surface area contributed by atoms with Crippen LogP contribution in [-0.4, -0.2) is 41.1 Å². The van der Waals surface area contributed by atoms with Gasteiger partial charge in [0.2, 0.25) is 5.91 Å². The van der Waals surface area contributed by atoms with Crippen LogP contribution in [0.25, 0.3) is 21.7 Å². The summed E-state index contributed by atoms with van der Waals surface area (Å²) in [6.07, 6.45) is 0. The van der Waals surface area contributed by atoms with Gasteiger partial charge in [-0.2, -0.15) is 0 Å². The lowest BCUT2D eigenvalue weighted by atomic mass is 10.1. The molecule has 1 amide bonds. The van der Waals surface area contributed by atoms with Crippen molar-refractivity contribution in [3.63, 3.8) is 0 Å². The molecule has 1 N–H and O–H groups in total. The van der Waals surface area contributed by atoms with Gasteiger partial charge < -0.3 is 19.2 Å². The molecule has 2 heterocycles. The number of aryl methyl sites for hydroxylation is 2. The first kappa shape index (κ1) is 21.1. The van der Waals surface area contributed by atoms with E-state index in [2.05, 4.69) is 32.6 Å². The van der Waals surface area contributed by atoms with Gasteiger partial charge in [0.25, 0.3) is 11.1 Å². The lowest BCUT2D eigenvalue weighted by Gasteiger charge is -2.07. The topological polar surface area (TPSA) is 99.4 Å². The minimum atomic E-state index is -0.194. The zero-order valence-corrected chi connectivity index (χ0v) is 19.0. The van der Waals surface area contributed by atoms with Gasteiger partial charge in [-0.15, -0.1) is 10.2 Å². The fourth-order valence-corrected chi connectivity index (χ4v) is 4.68. The van der Waals surface area contributed by atoms with Crippen molar-refractivity contribution < 1.29 is 18.7 Å². The van der Waals surface area contributed by atoms with Crippen LogP contribution < -0.4 is 14.8 Å². The Morgan fingerprint density at radius 1 is 1.16 bits per heavy atom. The highest BCUT2D eigenvalue weighted by atomic mass is 32.2. The van der Waals surface area contributed by atoms with Crippen LogP contribution in [0.2, 0.25) is 0 Å². The Morgan fingerprint density at radius 2 is 2.00 bits per heavy atom. The number of ether oxygens (including phenoxy) is 2. The number of amides is 1. The summed E-state index contributed by atoms with van der Waals surface area (Å²) in [6.45, 7) is 4.06. The molecule has 4 aromatic rings. The van der Waals surface area contributed by atoms with Crippen molar-refractivity contribution in [3.05, 3.63) is 41.5 Å². The van der Waals surface area contributed by atoms with Crippen LogP contribution >= 0.6 is 23.1 Å². The number of carbonyl (C=O) groups excluding carboxylic acids is 1. The third-order valence-corrected chi connectivity index (χ3v) is 6.18. The summed E-state index contributed by atoms with van der Waals surface area (Å²) in [5.74, 6) is 1.44. The molecule has 8 nitrogen and oxygen atoms in total. The second-order valence-electron chi connectivity index (χ2n) is 6.72. The molecule has 0 saturated carbocycles. The first-order valence-corrected chi connectivity index (χ1v) is 11.1. The van der Waals surface area contributed by atoms with E-state index in [-0.39, 0.29) is 11.7 Å². The highest BCUT2D eigenvalue weighted by Gasteiger charge is 2.16. The van der Waals surface area contributed by atoms with E-state index in [0.717, 1.165) is 27.5 Å². The number of rotatable bonds is 7. The first-order chi connectivity index (χ1) is 15.0. The van der Waals surface area contributed by atoms with Crippen LogP contribution in [0.1, 0.15) is 11.1 Å². The molecule has 0 fully saturated rings. The number of hydrogen-bond acceptors (Lipinski definition) is 9. The molecule has 0 aliphatic heterocycles. The number of thioether (sulfide) groups is 1. The van der Waals surface area contributed by atoms with Gasteiger partial charge in [-0.05, 0) is 43.2 Å². The Kier molecular flexibility index (Phi) is 6.10. The SMILES string of the molecule is COc1ccc(-c2nnc(SCC(=O)Nc3nc4c(C)cc(C)cc4s3)o2)c(OC)c1. The molecule has 0 bridgehead atoms. The summed E-state index contributed by atoms with van der Waals surface area (Å²) >= 11 is 2.61. The van der Waals surface area contributed by atoms with Crippen LogP contribution in [0.3, 0.4) is 0 Å². The van der Waals surface area contributed by atoms with Crippen LogP contribution in [0.15, 0.2) is 40.0 Å². The molecule has 2 aromatic heterocycles. The maximum absolute atomic E-state index is 12.4. The van der Waals surface area contributed by atoms with Crippen molar-refractivity contribution in [2.45, 2.75) is 19.1 Å². The maximum atomic E-state index is 12.4. The average molecular weight is 457 g/mol. The maximum Gasteiger partial charge on any atom is 0.277 e.